The first-order valence-electron chi connectivity index (χ1n) is 9.41. The Kier molecular flexibility index (Phi) is 7.09. The summed E-state index contributed by atoms with van der Waals surface area (Å²) >= 11 is 1.49. The minimum Gasteiger partial charge on any atom is -0.335 e. The molecular weight excluding hydrogens is 380 g/mol. The molecule has 3 aromatic rings. The highest BCUT2D eigenvalue weighted by atomic mass is 32.2. The minimum absolute atomic E-state index is 0.00854. The van der Waals surface area contributed by atoms with Crippen molar-refractivity contribution in [3.8, 4) is 0 Å². The van der Waals surface area contributed by atoms with Crippen LogP contribution in [0.4, 0.5) is 5.69 Å². The maximum atomic E-state index is 13.2. The van der Waals surface area contributed by atoms with Gasteiger partial charge in [0.1, 0.15) is 5.25 Å². The van der Waals surface area contributed by atoms with Gasteiger partial charge in [-0.2, -0.15) is 0 Å². The molecule has 0 aliphatic heterocycles. The first kappa shape index (κ1) is 20.7. The smallest absolute Gasteiger partial charge is 0.243 e. The molecule has 3 aromatic carbocycles. The fourth-order valence-electron chi connectivity index (χ4n) is 2.85. The molecule has 4 nitrogen and oxygen atoms in total. The Labute approximate surface area is 175 Å². The fraction of sp³-hybridized carbons (Fsp3) is 0.167. The van der Waals surface area contributed by atoms with E-state index in [4.69, 9.17) is 0 Å². The molecule has 5 heteroatoms. The van der Waals surface area contributed by atoms with Crippen LogP contribution in [0.25, 0.3) is 0 Å². The normalized spacial score (nSPS) is 11.5. The van der Waals surface area contributed by atoms with Gasteiger partial charge in [-0.25, -0.2) is 0 Å². The SMILES string of the molecule is Cc1ccc(NC(=O)CN(C)C(=O)[C@@H](Sc2ccccc2)c2ccccc2)cc1. The van der Waals surface area contributed by atoms with E-state index in [9.17, 15) is 9.59 Å². The molecule has 0 fully saturated rings. The molecule has 0 aromatic heterocycles. The second-order valence-corrected chi connectivity index (χ2v) is 8.01. The number of nitrogens with one attached hydrogen (secondary N) is 1. The zero-order valence-corrected chi connectivity index (χ0v) is 17.4. The van der Waals surface area contributed by atoms with Gasteiger partial charge in [-0.1, -0.05) is 66.2 Å². The van der Waals surface area contributed by atoms with Gasteiger partial charge >= 0.3 is 0 Å². The summed E-state index contributed by atoms with van der Waals surface area (Å²) < 4.78 is 0. The highest BCUT2D eigenvalue weighted by molar-refractivity contribution is 8.00. The molecule has 148 valence electrons. The Morgan fingerprint density at radius 1 is 0.897 bits per heavy atom. The predicted octanol–water partition coefficient (Wildman–Crippen LogP) is 4.93. The third-order valence-electron chi connectivity index (χ3n) is 4.42. The van der Waals surface area contributed by atoms with Crippen LogP contribution >= 0.6 is 11.8 Å². The molecule has 29 heavy (non-hydrogen) atoms. The predicted molar refractivity (Wildman–Crippen MR) is 119 cm³/mol. The number of thioether (sulfide) groups is 1. The lowest BCUT2D eigenvalue weighted by Crippen LogP contribution is -2.37. The number of hydrogen-bond donors (Lipinski definition) is 1. The standard InChI is InChI=1S/C24H24N2O2S/c1-18-13-15-20(16-14-18)25-22(27)17-26(2)24(28)23(19-9-5-3-6-10-19)29-21-11-7-4-8-12-21/h3-16,23H,17H2,1-2H3,(H,25,27)/t23-/m0/s1. The van der Waals surface area contributed by atoms with Gasteiger partial charge in [-0.3, -0.25) is 9.59 Å². The first-order valence-corrected chi connectivity index (χ1v) is 10.3. The van der Waals surface area contributed by atoms with E-state index in [1.165, 1.54) is 16.7 Å². The molecule has 1 atom stereocenters. The highest BCUT2D eigenvalue weighted by Crippen LogP contribution is 2.36. The Balaban J connectivity index is 1.70. The van der Waals surface area contributed by atoms with E-state index in [1.807, 2.05) is 91.9 Å². The topological polar surface area (TPSA) is 49.4 Å². The van der Waals surface area contributed by atoms with E-state index < -0.39 is 5.25 Å². The Morgan fingerprint density at radius 3 is 2.10 bits per heavy atom. The fourth-order valence-corrected chi connectivity index (χ4v) is 4.02. The number of benzene rings is 3. The summed E-state index contributed by atoms with van der Waals surface area (Å²) in [6, 6.07) is 27.1. The zero-order chi connectivity index (χ0) is 20.6. The summed E-state index contributed by atoms with van der Waals surface area (Å²) in [5, 5.41) is 2.42. The number of likely N-dealkylation sites (N-methyl/N-ethyl adjacent to an activating group) is 1. The summed E-state index contributed by atoms with van der Waals surface area (Å²) in [6.07, 6.45) is 0. The molecule has 3 rings (SSSR count). The van der Waals surface area contributed by atoms with Crippen molar-refractivity contribution in [2.75, 3.05) is 18.9 Å². The molecule has 0 heterocycles. The van der Waals surface area contributed by atoms with E-state index in [1.54, 1.807) is 7.05 Å². The van der Waals surface area contributed by atoms with Gasteiger partial charge in [0, 0.05) is 17.6 Å². The van der Waals surface area contributed by atoms with Crippen molar-refractivity contribution in [3.05, 3.63) is 96.1 Å². The number of nitrogens with zero attached hydrogens (tertiary/aromatic N) is 1. The van der Waals surface area contributed by atoms with Crippen LogP contribution in [-0.4, -0.2) is 30.3 Å². The maximum Gasteiger partial charge on any atom is 0.243 e. The van der Waals surface area contributed by atoms with E-state index in [0.29, 0.717) is 0 Å². The van der Waals surface area contributed by atoms with Crippen molar-refractivity contribution in [1.29, 1.82) is 0 Å². The van der Waals surface area contributed by atoms with Crippen LogP contribution in [0.1, 0.15) is 16.4 Å². The van der Waals surface area contributed by atoms with Gasteiger partial charge in [-0.15, -0.1) is 11.8 Å². The Bertz CT molecular complexity index is 944. The molecule has 0 aliphatic carbocycles. The third-order valence-corrected chi connectivity index (χ3v) is 5.67. The largest absolute Gasteiger partial charge is 0.335 e. The number of aryl methyl sites for hydroxylation is 1. The van der Waals surface area contributed by atoms with E-state index in [-0.39, 0.29) is 18.4 Å². The summed E-state index contributed by atoms with van der Waals surface area (Å²) in [6.45, 7) is 1.98. The average molecular weight is 405 g/mol. The van der Waals surface area contributed by atoms with Crippen LogP contribution in [-0.2, 0) is 9.59 Å². The third kappa shape index (κ3) is 5.96. The van der Waals surface area contributed by atoms with Crippen molar-refractivity contribution >= 4 is 29.3 Å². The van der Waals surface area contributed by atoms with Crippen LogP contribution in [0, 0.1) is 6.92 Å². The van der Waals surface area contributed by atoms with Gasteiger partial charge in [-0.05, 0) is 36.8 Å². The second-order valence-electron chi connectivity index (χ2n) is 6.83. The van der Waals surface area contributed by atoms with E-state index in [0.717, 1.165) is 21.7 Å². The van der Waals surface area contributed by atoms with Crippen LogP contribution in [0.2, 0.25) is 0 Å². The number of amides is 2. The molecule has 0 radical (unpaired) electrons. The van der Waals surface area contributed by atoms with E-state index >= 15 is 0 Å². The minimum atomic E-state index is -0.421. The number of carbonyl (C=O) groups excluding carboxylic acids is 2. The van der Waals surface area contributed by atoms with Crippen molar-refractivity contribution < 1.29 is 9.59 Å². The van der Waals surface area contributed by atoms with Crippen molar-refractivity contribution in [1.82, 2.24) is 4.90 Å². The van der Waals surface area contributed by atoms with Gasteiger partial charge < -0.3 is 10.2 Å². The summed E-state index contributed by atoms with van der Waals surface area (Å²) in [7, 11) is 1.67. The molecule has 0 unspecified atom stereocenters. The molecule has 1 N–H and O–H groups in total. The molecule has 0 saturated carbocycles. The van der Waals surface area contributed by atoms with E-state index in [2.05, 4.69) is 5.32 Å². The molecule has 0 aliphatic rings. The average Bonchev–Trinajstić information content (AvgIpc) is 2.74. The van der Waals surface area contributed by atoms with Gasteiger partial charge in [0.15, 0.2) is 0 Å². The highest BCUT2D eigenvalue weighted by Gasteiger charge is 2.26. The number of anilines is 1. The number of rotatable bonds is 7. The van der Waals surface area contributed by atoms with Gasteiger partial charge in [0.25, 0.3) is 0 Å². The second kappa shape index (κ2) is 9.94. The summed E-state index contributed by atoms with van der Waals surface area (Å²) in [5.41, 5.74) is 2.76. The van der Waals surface area contributed by atoms with Crippen LogP contribution in [0.15, 0.2) is 89.8 Å². The monoisotopic (exact) mass is 404 g/mol. The van der Waals surface area contributed by atoms with Crippen molar-refractivity contribution in [2.45, 2.75) is 17.1 Å². The first-order chi connectivity index (χ1) is 14.0. The van der Waals surface area contributed by atoms with Gasteiger partial charge in [0.2, 0.25) is 11.8 Å². The zero-order valence-electron chi connectivity index (χ0n) is 16.5. The summed E-state index contributed by atoms with van der Waals surface area (Å²) in [4.78, 5) is 28.1. The van der Waals surface area contributed by atoms with Crippen molar-refractivity contribution in [3.63, 3.8) is 0 Å². The number of carbonyl (C=O) groups is 2. The molecule has 0 bridgehead atoms. The van der Waals surface area contributed by atoms with Crippen LogP contribution in [0.3, 0.4) is 0 Å². The maximum absolute atomic E-state index is 13.2. The van der Waals surface area contributed by atoms with Crippen LogP contribution in [0.5, 0.6) is 0 Å². The Morgan fingerprint density at radius 2 is 1.48 bits per heavy atom. The molecular formula is C24H24N2O2S. The van der Waals surface area contributed by atoms with Crippen molar-refractivity contribution in [2.24, 2.45) is 0 Å². The molecule has 0 saturated heterocycles. The lowest BCUT2D eigenvalue weighted by atomic mass is 10.1. The molecule has 2 amide bonds. The summed E-state index contributed by atoms with van der Waals surface area (Å²) in [5.74, 6) is -0.328. The number of hydrogen-bond acceptors (Lipinski definition) is 3. The van der Waals surface area contributed by atoms with Gasteiger partial charge in [0.05, 0.1) is 6.54 Å². The quantitative estimate of drug-likeness (QED) is 0.568. The lowest BCUT2D eigenvalue weighted by molar-refractivity contribution is -0.132. The lowest BCUT2D eigenvalue weighted by Gasteiger charge is -2.23. The van der Waals surface area contributed by atoms with Crippen LogP contribution < -0.4 is 5.32 Å². The Hall–Kier alpha value is -3.05. The molecule has 0 spiro atoms.